The average Bonchev–Trinajstić information content (AvgIpc) is 1.80. The van der Waals surface area contributed by atoms with Gasteiger partial charge < -0.3 is 0 Å². The maximum absolute atomic E-state index is 11.7. The second-order valence-electron chi connectivity index (χ2n) is 2.25. The lowest BCUT2D eigenvalue weighted by Crippen LogP contribution is -2.18. The summed E-state index contributed by atoms with van der Waals surface area (Å²) >= 11 is 0. The number of halogens is 3. The van der Waals surface area contributed by atoms with E-state index in [0.717, 1.165) is 0 Å². The lowest BCUT2D eigenvalue weighted by molar-refractivity contribution is -0.168. The summed E-state index contributed by atoms with van der Waals surface area (Å²) in [4.78, 5) is 0. The minimum Gasteiger partial charge on any atom is -0.171 e. The molecule has 0 N–H and O–H groups in total. The van der Waals surface area contributed by atoms with Crippen LogP contribution >= 0.6 is 0 Å². The van der Waals surface area contributed by atoms with Crippen LogP contribution in [-0.4, -0.2) is 6.18 Å². The Morgan fingerprint density at radius 3 is 2.20 bits per heavy atom. The Kier molecular flexibility index (Phi) is 3.47. The smallest absolute Gasteiger partial charge is 0.171 e. The molecule has 0 heterocycles. The van der Waals surface area contributed by atoms with Crippen molar-refractivity contribution >= 4 is 0 Å². The van der Waals surface area contributed by atoms with E-state index >= 15 is 0 Å². The van der Waals surface area contributed by atoms with Crippen LogP contribution in [0.15, 0.2) is 12.2 Å². The molecule has 0 nitrogen and oxygen atoms in total. The predicted octanol–water partition coefficient (Wildman–Crippen LogP) is 3.15. The fourth-order valence-electron chi connectivity index (χ4n) is 0.474. The Morgan fingerprint density at radius 2 is 1.90 bits per heavy atom. The monoisotopic (exact) mass is 152 g/mol. The van der Waals surface area contributed by atoms with Gasteiger partial charge in [-0.05, 0) is 13.3 Å². The normalized spacial score (nSPS) is 16.1. The van der Waals surface area contributed by atoms with Gasteiger partial charge in [-0.15, -0.1) is 0 Å². The molecule has 0 aliphatic carbocycles. The largest absolute Gasteiger partial charge is 0.391 e. The third kappa shape index (κ3) is 3.54. The number of rotatable bonds is 2. The molecule has 0 fully saturated rings. The molecule has 0 aromatic carbocycles. The summed E-state index contributed by atoms with van der Waals surface area (Å²) in [5, 5.41) is 0. The second-order valence-corrected chi connectivity index (χ2v) is 2.25. The molecule has 0 radical (unpaired) electrons. The van der Waals surface area contributed by atoms with E-state index in [1.807, 2.05) is 0 Å². The number of hydrogen-bond donors (Lipinski definition) is 0. The van der Waals surface area contributed by atoms with Crippen LogP contribution in [0.2, 0.25) is 0 Å². The Morgan fingerprint density at radius 1 is 1.40 bits per heavy atom. The zero-order chi connectivity index (χ0) is 8.20. The van der Waals surface area contributed by atoms with Gasteiger partial charge in [0.25, 0.3) is 0 Å². The Hall–Kier alpha value is -0.470. The topological polar surface area (TPSA) is 0 Å². The van der Waals surface area contributed by atoms with Crippen molar-refractivity contribution in [3.63, 3.8) is 0 Å². The first-order valence-electron chi connectivity index (χ1n) is 3.16. The molecule has 10 heavy (non-hydrogen) atoms. The molecule has 0 aromatic rings. The molecular formula is C7H11F3. The highest BCUT2D eigenvalue weighted by Gasteiger charge is 2.34. The number of allylic oxidation sites excluding steroid dienone is 2. The van der Waals surface area contributed by atoms with Crippen LogP contribution in [0, 0.1) is 5.92 Å². The van der Waals surface area contributed by atoms with Gasteiger partial charge >= 0.3 is 6.18 Å². The van der Waals surface area contributed by atoms with Gasteiger partial charge in [-0.25, -0.2) is 0 Å². The highest BCUT2D eigenvalue weighted by Crippen LogP contribution is 2.28. The van der Waals surface area contributed by atoms with Crippen LogP contribution in [0.1, 0.15) is 20.3 Å². The van der Waals surface area contributed by atoms with Gasteiger partial charge in [0.15, 0.2) is 0 Å². The lowest BCUT2D eigenvalue weighted by atomic mass is 10.1. The summed E-state index contributed by atoms with van der Waals surface area (Å²) in [6, 6.07) is 0. The molecule has 1 atom stereocenters. The molecule has 0 aliphatic rings. The third-order valence-corrected chi connectivity index (χ3v) is 1.28. The SMILES string of the molecule is C/C=C\CC(C)C(F)(F)F. The number of alkyl halides is 3. The summed E-state index contributed by atoms with van der Waals surface area (Å²) in [7, 11) is 0. The van der Waals surface area contributed by atoms with E-state index < -0.39 is 12.1 Å². The summed E-state index contributed by atoms with van der Waals surface area (Å²) in [6.45, 7) is 2.89. The van der Waals surface area contributed by atoms with Crippen molar-refractivity contribution in [1.29, 1.82) is 0 Å². The first kappa shape index (κ1) is 9.53. The molecule has 0 aromatic heterocycles. The summed E-state index contributed by atoms with van der Waals surface area (Å²) in [6.07, 6.45) is -0.806. The van der Waals surface area contributed by atoms with E-state index in [-0.39, 0.29) is 6.42 Å². The minimum absolute atomic E-state index is 0.0833. The molecule has 1 unspecified atom stereocenters. The van der Waals surface area contributed by atoms with Crippen molar-refractivity contribution in [2.24, 2.45) is 5.92 Å². The lowest BCUT2D eigenvalue weighted by Gasteiger charge is -2.12. The van der Waals surface area contributed by atoms with Gasteiger partial charge in [0.2, 0.25) is 0 Å². The van der Waals surface area contributed by atoms with E-state index in [1.54, 1.807) is 13.0 Å². The van der Waals surface area contributed by atoms with Crippen LogP contribution in [0.25, 0.3) is 0 Å². The molecule has 0 saturated carbocycles. The first-order valence-corrected chi connectivity index (χ1v) is 3.16. The molecule has 60 valence electrons. The van der Waals surface area contributed by atoms with Crippen LogP contribution in [-0.2, 0) is 0 Å². The van der Waals surface area contributed by atoms with E-state index in [0.29, 0.717) is 0 Å². The third-order valence-electron chi connectivity index (χ3n) is 1.28. The van der Waals surface area contributed by atoms with Crippen molar-refractivity contribution < 1.29 is 13.2 Å². The molecular weight excluding hydrogens is 141 g/mol. The summed E-state index contributed by atoms with van der Waals surface area (Å²) in [5.41, 5.74) is 0. The Balaban J connectivity index is 3.73. The Labute approximate surface area is 58.7 Å². The van der Waals surface area contributed by atoms with Crippen molar-refractivity contribution in [1.82, 2.24) is 0 Å². The average molecular weight is 152 g/mol. The van der Waals surface area contributed by atoms with Crippen molar-refractivity contribution in [3.8, 4) is 0 Å². The van der Waals surface area contributed by atoms with Crippen LogP contribution < -0.4 is 0 Å². The molecule has 0 amide bonds. The molecule has 0 bridgehead atoms. The fraction of sp³-hybridized carbons (Fsp3) is 0.714. The summed E-state index contributed by atoms with van der Waals surface area (Å²) in [5.74, 6) is -1.22. The van der Waals surface area contributed by atoms with E-state index in [9.17, 15) is 13.2 Å². The van der Waals surface area contributed by atoms with Crippen LogP contribution in [0.5, 0.6) is 0 Å². The Bertz CT molecular complexity index is 113. The predicted molar refractivity (Wildman–Crippen MR) is 34.6 cm³/mol. The van der Waals surface area contributed by atoms with Gasteiger partial charge in [-0.3, -0.25) is 0 Å². The van der Waals surface area contributed by atoms with Gasteiger partial charge in [-0.2, -0.15) is 13.2 Å². The number of hydrogen-bond acceptors (Lipinski definition) is 0. The fourth-order valence-corrected chi connectivity index (χ4v) is 0.474. The van der Waals surface area contributed by atoms with E-state index in [2.05, 4.69) is 0 Å². The summed E-state index contributed by atoms with van der Waals surface area (Å²) < 4.78 is 35.2. The maximum Gasteiger partial charge on any atom is 0.391 e. The zero-order valence-corrected chi connectivity index (χ0v) is 6.07. The quantitative estimate of drug-likeness (QED) is 0.533. The van der Waals surface area contributed by atoms with Crippen molar-refractivity contribution in [2.45, 2.75) is 26.4 Å². The van der Waals surface area contributed by atoms with Crippen LogP contribution in [0.3, 0.4) is 0 Å². The van der Waals surface area contributed by atoms with Crippen LogP contribution in [0.4, 0.5) is 13.2 Å². The first-order chi connectivity index (χ1) is 4.48. The van der Waals surface area contributed by atoms with Gasteiger partial charge in [-0.1, -0.05) is 19.1 Å². The molecule has 0 spiro atoms. The minimum atomic E-state index is -4.04. The maximum atomic E-state index is 11.7. The molecule has 0 aliphatic heterocycles. The van der Waals surface area contributed by atoms with Gasteiger partial charge in [0.1, 0.15) is 0 Å². The molecule has 0 saturated heterocycles. The molecule has 3 heteroatoms. The zero-order valence-electron chi connectivity index (χ0n) is 6.07. The van der Waals surface area contributed by atoms with E-state index in [1.165, 1.54) is 13.0 Å². The van der Waals surface area contributed by atoms with E-state index in [4.69, 9.17) is 0 Å². The molecule has 0 rings (SSSR count). The van der Waals surface area contributed by atoms with Crippen molar-refractivity contribution in [2.75, 3.05) is 0 Å². The second kappa shape index (κ2) is 3.64. The van der Waals surface area contributed by atoms with Gasteiger partial charge in [0.05, 0.1) is 5.92 Å². The van der Waals surface area contributed by atoms with Crippen molar-refractivity contribution in [3.05, 3.63) is 12.2 Å². The van der Waals surface area contributed by atoms with Gasteiger partial charge in [0, 0.05) is 0 Å². The highest BCUT2D eigenvalue weighted by atomic mass is 19.4. The highest BCUT2D eigenvalue weighted by molar-refractivity contribution is 4.81. The standard InChI is InChI=1S/C7H11F3/c1-3-4-5-6(2)7(8,9)10/h3-4,6H,5H2,1-2H3/b4-3-.